The van der Waals surface area contributed by atoms with Crippen LogP contribution in [0.25, 0.3) is 16.2 Å². The number of benzene rings is 3. The molecular formula is C27H24O3S. The van der Waals surface area contributed by atoms with Gasteiger partial charge >= 0.3 is 0 Å². The maximum Gasteiger partial charge on any atom is 0.207 e. The Morgan fingerprint density at radius 3 is 2.35 bits per heavy atom. The van der Waals surface area contributed by atoms with E-state index in [-0.39, 0.29) is 5.78 Å². The Morgan fingerprint density at radius 1 is 0.935 bits per heavy atom. The fourth-order valence-corrected chi connectivity index (χ4v) is 4.69. The van der Waals surface area contributed by atoms with Crippen LogP contribution in [-0.4, -0.2) is 12.9 Å². The van der Waals surface area contributed by atoms with Gasteiger partial charge in [-0.25, -0.2) is 0 Å². The maximum atomic E-state index is 13.5. The Kier molecular flexibility index (Phi) is 5.92. The molecule has 0 unspecified atom stereocenters. The average Bonchev–Trinajstić information content (AvgIpc) is 3.12. The van der Waals surface area contributed by atoms with E-state index < -0.39 is 0 Å². The normalized spacial score (nSPS) is 11.2. The lowest BCUT2D eigenvalue weighted by atomic mass is 10.0. The van der Waals surface area contributed by atoms with E-state index in [2.05, 4.69) is 0 Å². The van der Waals surface area contributed by atoms with E-state index in [1.54, 1.807) is 7.11 Å². The quantitative estimate of drug-likeness (QED) is 0.297. The van der Waals surface area contributed by atoms with Crippen LogP contribution in [0.3, 0.4) is 0 Å². The maximum absolute atomic E-state index is 13.5. The van der Waals surface area contributed by atoms with E-state index in [0.717, 1.165) is 32.5 Å². The number of rotatable bonds is 6. The van der Waals surface area contributed by atoms with Crippen LogP contribution >= 0.6 is 11.3 Å². The largest absolute Gasteiger partial charge is 0.497 e. The first-order valence-electron chi connectivity index (χ1n) is 10.1. The number of hydrogen-bond acceptors (Lipinski definition) is 4. The van der Waals surface area contributed by atoms with Gasteiger partial charge in [0.2, 0.25) is 5.78 Å². The summed E-state index contributed by atoms with van der Waals surface area (Å²) in [5.41, 5.74) is 3.88. The molecule has 3 aromatic carbocycles. The van der Waals surface area contributed by atoms with Crippen molar-refractivity contribution in [3.63, 3.8) is 0 Å². The molecule has 0 fully saturated rings. The summed E-state index contributed by atoms with van der Waals surface area (Å²) in [6.07, 6.45) is 4.03. The van der Waals surface area contributed by atoms with Crippen molar-refractivity contribution in [1.82, 2.24) is 0 Å². The highest BCUT2D eigenvalue weighted by Crippen LogP contribution is 2.43. The average molecular weight is 429 g/mol. The molecule has 4 heteroatoms. The molecule has 156 valence electrons. The molecule has 1 aromatic heterocycles. The molecule has 0 atom stereocenters. The first-order valence-corrected chi connectivity index (χ1v) is 10.9. The van der Waals surface area contributed by atoms with Gasteiger partial charge in [0.05, 0.1) is 7.11 Å². The minimum atomic E-state index is -0.0294. The van der Waals surface area contributed by atoms with Gasteiger partial charge in [-0.05, 0) is 62.2 Å². The minimum Gasteiger partial charge on any atom is -0.497 e. The molecule has 0 radical (unpaired) electrons. The van der Waals surface area contributed by atoms with Gasteiger partial charge in [0.25, 0.3) is 0 Å². The van der Waals surface area contributed by atoms with Crippen LogP contribution in [0.4, 0.5) is 0 Å². The predicted molar refractivity (Wildman–Crippen MR) is 129 cm³/mol. The van der Waals surface area contributed by atoms with Gasteiger partial charge < -0.3 is 9.47 Å². The van der Waals surface area contributed by atoms with E-state index in [1.165, 1.54) is 11.3 Å². The van der Waals surface area contributed by atoms with Gasteiger partial charge in [-0.3, -0.25) is 4.79 Å². The summed E-state index contributed by atoms with van der Waals surface area (Å²) in [7, 11) is 1.64. The van der Waals surface area contributed by atoms with Crippen molar-refractivity contribution < 1.29 is 14.3 Å². The fourth-order valence-electron chi connectivity index (χ4n) is 3.58. The third kappa shape index (κ3) is 4.25. The van der Waals surface area contributed by atoms with Crippen molar-refractivity contribution in [2.45, 2.75) is 20.8 Å². The second-order valence-electron chi connectivity index (χ2n) is 7.44. The van der Waals surface area contributed by atoms with Crippen molar-refractivity contribution in [3.8, 4) is 17.2 Å². The number of ketones is 1. The van der Waals surface area contributed by atoms with Crippen LogP contribution < -0.4 is 9.47 Å². The molecule has 0 aliphatic rings. The highest BCUT2D eigenvalue weighted by Gasteiger charge is 2.23. The molecule has 31 heavy (non-hydrogen) atoms. The summed E-state index contributed by atoms with van der Waals surface area (Å²) >= 11 is 1.43. The Hall–Kier alpha value is -3.37. The van der Waals surface area contributed by atoms with Gasteiger partial charge in [-0.1, -0.05) is 48.0 Å². The number of carbonyl (C=O) groups excluding carboxylic acids is 1. The molecule has 0 amide bonds. The second-order valence-corrected chi connectivity index (χ2v) is 8.49. The van der Waals surface area contributed by atoms with Crippen LogP contribution in [0.1, 0.15) is 38.8 Å². The zero-order chi connectivity index (χ0) is 22.0. The highest BCUT2D eigenvalue weighted by atomic mass is 32.1. The van der Waals surface area contributed by atoms with Crippen molar-refractivity contribution in [1.29, 1.82) is 0 Å². The Bertz CT molecular complexity index is 1280. The van der Waals surface area contributed by atoms with Gasteiger partial charge in [0.1, 0.15) is 16.4 Å². The van der Waals surface area contributed by atoms with Crippen LogP contribution in [0.15, 0.2) is 66.7 Å². The van der Waals surface area contributed by atoms with E-state index in [1.807, 2.05) is 93.6 Å². The lowest BCUT2D eigenvalue weighted by Gasteiger charge is -2.10. The van der Waals surface area contributed by atoms with Crippen LogP contribution in [-0.2, 0) is 0 Å². The van der Waals surface area contributed by atoms with Crippen molar-refractivity contribution >= 4 is 33.3 Å². The molecule has 0 aliphatic heterocycles. The summed E-state index contributed by atoms with van der Waals surface area (Å²) in [6.45, 7) is 5.98. The van der Waals surface area contributed by atoms with E-state index >= 15 is 0 Å². The first-order chi connectivity index (χ1) is 15.0. The number of aryl methyl sites for hydroxylation is 2. The third-order valence-corrected chi connectivity index (χ3v) is 6.28. The SMILES string of the molecule is C/C=C/c1ccc(Oc2c(C(=O)c3ccc(C)cc3C)sc3cc(OC)ccc23)cc1. The van der Waals surface area contributed by atoms with Crippen LogP contribution in [0, 0.1) is 13.8 Å². The minimum absolute atomic E-state index is 0.0294. The highest BCUT2D eigenvalue weighted by molar-refractivity contribution is 7.21. The molecular weight excluding hydrogens is 404 g/mol. The smallest absolute Gasteiger partial charge is 0.207 e. The predicted octanol–water partition coefficient (Wildman–Crippen LogP) is 7.58. The number of carbonyl (C=O) groups is 1. The van der Waals surface area contributed by atoms with Crippen molar-refractivity contribution in [3.05, 3.63) is 93.9 Å². The lowest BCUT2D eigenvalue weighted by molar-refractivity contribution is 0.104. The molecule has 0 saturated carbocycles. The van der Waals surface area contributed by atoms with Crippen molar-refractivity contribution in [2.24, 2.45) is 0 Å². The van der Waals surface area contributed by atoms with E-state index in [4.69, 9.17) is 9.47 Å². The van der Waals surface area contributed by atoms with Crippen LogP contribution in [0.5, 0.6) is 17.2 Å². The Balaban J connectivity index is 1.82. The molecule has 0 saturated heterocycles. The molecule has 0 aliphatic carbocycles. The lowest BCUT2D eigenvalue weighted by Crippen LogP contribution is -2.03. The summed E-state index contributed by atoms with van der Waals surface area (Å²) in [4.78, 5) is 14.1. The number of ether oxygens (including phenoxy) is 2. The number of thiophene rings is 1. The molecule has 1 heterocycles. The molecule has 0 spiro atoms. The number of fused-ring (bicyclic) bond motifs is 1. The Labute approximate surface area is 186 Å². The van der Waals surface area contributed by atoms with Gasteiger partial charge in [-0.2, -0.15) is 0 Å². The molecule has 0 bridgehead atoms. The number of methoxy groups -OCH3 is 1. The number of allylic oxidation sites excluding steroid dienone is 1. The topological polar surface area (TPSA) is 35.5 Å². The van der Waals surface area contributed by atoms with Crippen molar-refractivity contribution in [2.75, 3.05) is 7.11 Å². The molecule has 3 nitrogen and oxygen atoms in total. The van der Waals surface area contributed by atoms with E-state index in [0.29, 0.717) is 21.9 Å². The summed E-state index contributed by atoms with van der Waals surface area (Å²) in [5.74, 6) is 2.00. The second kappa shape index (κ2) is 8.78. The standard InChI is InChI=1S/C27H24O3S/c1-5-6-19-8-10-20(11-9-19)30-26-23-14-12-21(29-4)16-24(23)31-27(26)25(28)22-13-7-17(2)15-18(22)3/h5-16H,1-4H3/b6-5+. The Morgan fingerprint density at radius 2 is 1.68 bits per heavy atom. The third-order valence-electron chi connectivity index (χ3n) is 5.14. The zero-order valence-electron chi connectivity index (χ0n) is 18.1. The monoisotopic (exact) mass is 428 g/mol. The van der Waals surface area contributed by atoms with Crippen LogP contribution in [0.2, 0.25) is 0 Å². The summed E-state index contributed by atoms with van der Waals surface area (Å²) < 4.78 is 12.6. The summed E-state index contributed by atoms with van der Waals surface area (Å²) in [5, 5.41) is 0.899. The van der Waals surface area contributed by atoms with Gasteiger partial charge in [0.15, 0.2) is 5.75 Å². The molecule has 4 rings (SSSR count). The molecule has 4 aromatic rings. The number of hydrogen-bond donors (Lipinski definition) is 0. The fraction of sp³-hybridized carbons (Fsp3) is 0.148. The van der Waals surface area contributed by atoms with E-state index in [9.17, 15) is 4.79 Å². The zero-order valence-corrected chi connectivity index (χ0v) is 18.9. The molecule has 0 N–H and O–H groups in total. The van der Waals surface area contributed by atoms with Gasteiger partial charge in [0, 0.05) is 15.6 Å². The summed E-state index contributed by atoms with van der Waals surface area (Å²) in [6, 6.07) is 19.5. The van der Waals surface area contributed by atoms with Gasteiger partial charge in [-0.15, -0.1) is 11.3 Å². The first kappa shape index (κ1) is 20.9.